The topological polar surface area (TPSA) is 111 Å². The molecule has 0 aliphatic rings. The highest BCUT2D eigenvalue weighted by atomic mass is 16.6. The number of esters is 1. The summed E-state index contributed by atoms with van der Waals surface area (Å²) in [5.74, 6) is -1.32. The molecule has 0 spiro atoms. The molecule has 0 heterocycles. The highest BCUT2D eigenvalue weighted by Gasteiger charge is 2.23. The van der Waals surface area contributed by atoms with Crippen molar-refractivity contribution < 1.29 is 19.2 Å². The Kier molecular flexibility index (Phi) is 6.12. The number of hydrogen-bond acceptors (Lipinski definition) is 6. The van der Waals surface area contributed by atoms with Crippen molar-refractivity contribution in [2.24, 2.45) is 0 Å². The van der Waals surface area contributed by atoms with Gasteiger partial charge in [0.25, 0.3) is 11.6 Å². The summed E-state index contributed by atoms with van der Waals surface area (Å²) in [4.78, 5) is 35.2. The van der Waals surface area contributed by atoms with E-state index in [1.54, 1.807) is 7.05 Å². The molecule has 1 atom stereocenters. The molecule has 0 saturated heterocycles. The second-order valence-electron chi connectivity index (χ2n) is 6.04. The molecule has 0 radical (unpaired) electrons. The number of nitro benzene ring substituents is 1. The number of hydrogen-bond donors (Lipinski definition) is 2. The Morgan fingerprint density at radius 3 is 2.33 bits per heavy atom. The monoisotopic (exact) mass is 371 g/mol. The van der Waals surface area contributed by atoms with Crippen molar-refractivity contribution in [3.8, 4) is 0 Å². The van der Waals surface area contributed by atoms with Crippen LogP contribution in [0.3, 0.4) is 0 Å². The van der Waals surface area contributed by atoms with E-state index in [2.05, 4.69) is 10.6 Å². The maximum atomic E-state index is 12.4. The largest absolute Gasteiger partial charge is 0.449 e. The lowest BCUT2D eigenvalue weighted by Crippen LogP contribution is -2.30. The van der Waals surface area contributed by atoms with Gasteiger partial charge < -0.3 is 15.4 Å². The van der Waals surface area contributed by atoms with Crippen molar-refractivity contribution in [1.29, 1.82) is 0 Å². The van der Waals surface area contributed by atoms with Crippen molar-refractivity contribution in [2.75, 3.05) is 17.7 Å². The van der Waals surface area contributed by atoms with E-state index in [4.69, 9.17) is 4.74 Å². The minimum absolute atomic E-state index is 0.0153. The minimum atomic E-state index is -1.08. The lowest BCUT2D eigenvalue weighted by Gasteiger charge is -2.17. The Bertz CT molecular complexity index is 875. The average Bonchev–Trinajstić information content (AvgIpc) is 2.63. The zero-order chi connectivity index (χ0) is 20.1. The summed E-state index contributed by atoms with van der Waals surface area (Å²) in [6.45, 7) is 5.17. The van der Waals surface area contributed by atoms with Gasteiger partial charge in [-0.15, -0.1) is 0 Å². The molecule has 0 aliphatic heterocycles. The Morgan fingerprint density at radius 2 is 1.78 bits per heavy atom. The van der Waals surface area contributed by atoms with Crippen molar-refractivity contribution in [1.82, 2.24) is 0 Å². The van der Waals surface area contributed by atoms with Gasteiger partial charge in [0.1, 0.15) is 0 Å². The van der Waals surface area contributed by atoms with Crippen LogP contribution in [0.15, 0.2) is 36.4 Å². The van der Waals surface area contributed by atoms with Crippen molar-refractivity contribution in [2.45, 2.75) is 26.9 Å². The zero-order valence-electron chi connectivity index (χ0n) is 15.5. The molecule has 0 saturated carbocycles. The number of aryl methyl sites for hydroxylation is 2. The molecular formula is C19H21N3O5. The summed E-state index contributed by atoms with van der Waals surface area (Å²) in [5, 5.41) is 16.5. The van der Waals surface area contributed by atoms with Crippen LogP contribution >= 0.6 is 0 Å². The summed E-state index contributed by atoms with van der Waals surface area (Å²) in [5.41, 5.74) is 2.55. The number of anilines is 2. The fourth-order valence-electron chi connectivity index (χ4n) is 2.55. The number of benzene rings is 2. The van der Waals surface area contributed by atoms with E-state index in [9.17, 15) is 19.7 Å². The van der Waals surface area contributed by atoms with Gasteiger partial charge in [0.05, 0.1) is 10.5 Å². The van der Waals surface area contributed by atoms with Crippen molar-refractivity contribution in [3.63, 3.8) is 0 Å². The van der Waals surface area contributed by atoms with Gasteiger partial charge in [-0.05, 0) is 38.0 Å². The number of para-hydroxylation sites is 1. The number of nitrogens with zero attached hydrogens (tertiary/aromatic N) is 1. The van der Waals surface area contributed by atoms with E-state index in [1.807, 2.05) is 32.0 Å². The highest BCUT2D eigenvalue weighted by molar-refractivity contribution is 6.00. The molecule has 2 aromatic rings. The maximum Gasteiger partial charge on any atom is 0.341 e. The van der Waals surface area contributed by atoms with Crippen LogP contribution in [0.4, 0.5) is 17.1 Å². The standard InChI is InChI=1S/C19H21N3O5/c1-11-6-5-7-12(2)17(11)21-18(23)13(3)27-19(24)15-10-14(22(25)26)8-9-16(15)20-4/h5-10,13,20H,1-4H3,(H,21,23)/t13-/m1/s1. The lowest BCUT2D eigenvalue weighted by molar-refractivity contribution is -0.384. The summed E-state index contributed by atoms with van der Waals surface area (Å²) < 4.78 is 5.21. The van der Waals surface area contributed by atoms with E-state index in [1.165, 1.54) is 19.1 Å². The predicted molar refractivity (Wildman–Crippen MR) is 102 cm³/mol. The second-order valence-corrected chi connectivity index (χ2v) is 6.04. The smallest absolute Gasteiger partial charge is 0.341 e. The molecule has 2 N–H and O–H groups in total. The van der Waals surface area contributed by atoms with Gasteiger partial charge in [0.2, 0.25) is 0 Å². The Morgan fingerprint density at radius 1 is 1.15 bits per heavy atom. The third-order valence-corrected chi connectivity index (χ3v) is 4.09. The summed E-state index contributed by atoms with van der Waals surface area (Å²) >= 11 is 0. The minimum Gasteiger partial charge on any atom is -0.449 e. The molecule has 8 nitrogen and oxygen atoms in total. The third kappa shape index (κ3) is 4.60. The molecule has 0 fully saturated rings. The van der Waals surface area contributed by atoms with Crippen LogP contribution in [0.5, 0.6) is 0 Å². The van der Waals surface area contributed by atoms with Gasteiger partial charge in [-0.25, -0.2) is 4.79 Å². The molecule has 27 heavy (non-hydrogen) atoms. The first kappa shape index (κ1) is 19.9. The molecule has 1 amide bonds. The number of ether oxygens (including phenoxy) is 1. The molecule has 8 heteroatoms. The van der Waals surface area contributed by atoms with Gasteiger partial charge in [0.15, 0.2) is 6.10 Å². The van der Waals surface area contributed by atoms with Crippen molar-refractivity contribution in [3.05, 3.63) is 63.2 Å². The molecule has 142 valence electrons. The van der Waals surface area contributed by atoms with E-state index in [0.29, 0.717) is 11.4 Å². The Balaban J connectivity index is 2.16. The van der Waals surface area contributed by atoms with Crippen LogP contribution in [0.2, 0.25) is 0 Å². The van der Waals surface area contributed by atoms with E-state index in [0.717, 1.165) is 17.2 Å². The van der Waals surface area contributed by atoms with E-state index >= 15 is 0 Å². The first-order valence-electron chi connectivity index (χ1n) is 8.28. The summed E-state index contributed by atoms with van der Waals surface area (Å²) in [6.07, 6.45) is -1.08. The number of carbonyl (C=O) groups excluding carboxylic acids is 2. The Labute approximate surface area is 156 Å². The number of nitro groups is 1. The number of carbonyl (C=O) groups is 2. The fraction of sp³-hybridized carbons (Fsp3) is 0.263. The molecule has 0 aromatic heterocycles. The normalized spacial score (nSPS) is 11.4. The van der Waals surface area contributed by atoms with Crippen molar-refractivity contribution >= 4 is 28.9 Å². The fourth-order valence-corrected chi connectivity index (χ4v) is 2.55. The second kappa shape index (κ2) is 8.31. The quantitative estimate of drug-likeness (QED) is 0.457. The molecule has 0 bridgehead atoms. The first-order chi connectivity index (χ1) is 12.7. The first-order valence-corrected chi connectivity index (χ1v) is 8.28. The van der Waals surface area contributed by atoms with Crippen LogP contribution in [-0.2, 0) is 9.53 Å². The highest BCUT2D eigenvalue weighted by Crippen LogP contribution is 2.24. The number of non-ortho nitro benzene ring substituents is 1. The number of nitrogens with one attached hydrogen (secondary N) is 2. The summed E-state index contributed by atoms with van der Waals surface area (Å²) in [7, 11) is 1.58. The van der Waals surface area contributed by atoms with Crippen LogP contribution in [-0.4, -0.2) is 30.0 Å². The van der Waals surface area contributed by atoms with Crippen LogP contribution < -0.4 is 10.6 Å². The average molecular weight is 371 g/mol. The third-order valence-electron chi connectivity index (χ3n) is 4.09. The van der Waals surface area contributed by atoms with Crippen LogP contribution in [0.1, 0.15) is 28.4 Å². The lowest BCUT2D eigenvalue weighted by atomic mass is 10.1. The van der Waals surface area contributed by atoms with Gasteiger partial charge in [-0.2, -0.15) is 0 Å². The Hall–Kier alpha value is -3.42. The van der Waals surface area contributed by atoms with Gasteiger partial charge in [0, 0.05) is 30.6 Å². The SMILES string of the molecule is CNc1ccc([N+](=O)[O-])cc1C(=O)O[C@H](C)C(=O)Nc1c(C)cccc1C. The molecule has 0 unspecified atom stereocenters. The number of amides is 1. The van der Waals surface area contributed by atoms with E-state index in [-0.39, 0.29) is 11.3 Å². The molecule has 2 aromatic carbocycles. The maximum absolute atomic E-state index is 12.4. The number of rotatable bonds is 6. The van der Waals surface area contributed by atoms with Gasteiger partial charge >= 0.3 is 5.97 Å². The predicted octanol–water partition coefficient (Wildman–Crippen LogP) is 3.44. The van der Waals surface area contributed by atoms with Crippen LogP contribution in [0.25, 0.3) is 0 Å². The molecule has 0 aliphatic carbocycles. The van der Waals surface area contributed by atoms with E-state index < -0.39 is 22.9 Å². The van der Waals surface area contributed by atoms with Gasteiger partial charge in [-0.1, -0.05) is 18.2 Å². The zero-order valence-corrected chi connectivity index (χ0v) is 15.5. The molecular weight excluding hydrogens is 350 g/mol. The summed E-state index contributed by atoms with van der Waals surface area (Å²) in [6, 6.07) is 9.41. The van der Waals surface area contributed by atoms with Crippen LogP contribution in [0, 0.1) is 24.0 Å². The molecule has 2 rings (SSSR count). The van der Waals surface area contributed by atoms with Gasteiger partial charge in [-0.3, -0.25) is 14.9 Å².